The van der Waals surface area contributed by atoms with E-state index in [1.807, 2.05) is 0 Å². The predicted molar refractivity (Wildman–Crippen MR) is 99.1 cm³/mol. The van der Waals surface area contributed by atoms with Crippen molar-refractivity contribution in [2.75, 3.05) is 12.8 Å². The maximum Gasteiger partial charge on any atom is 0.273 e. The molecule has 0 atom stereocenters. The van der Waals surface area contributed by atoms with Crippen molar-refractivity contribution in [2.45, 2.75) is 0 Å². The lowest BCUT2D eigenvalue weighted by Crippen LogP contribution is -2.41. The van der Waals surface area contributed by atoms with Crippen LogP contribution >= 0.6 is 11.6 Å². The second-order valence-electron chi connectivity index (χ2n) is 5.36. The number of nitrogens with one attached hydrogen (secondary N) is 2. The number of nitrogens with two attached hydrogens (primary N) is 1. The van der Waals surface area contributed by atoms with Crippen molar-refractivity contribution in [1.82, 2.24) is 15.8 Å². The number of rotatable bonds is 3. The van der Waals surface area contributed by atoms with Crippen LogP contribution < -0.4 is 21.3 Å². The van der Waals surface area contributed by atoms with Gasteiger partial charge in [-0.25, -0.2) is 0 Å². The van der Waals surface area contributed by atoms with Crippen molar-refractivity contribution < 1.29 is 14.3 Å². The van der Waals surface area contributed by atoms with E-state index >= 15 is 0 Å². The lowest BCUT2D eigenvalue weighted by atomic mass is 10.1. The zero-order valence-electron chi connectivity index (χ0n) is 13.7. The highest BCUT2D eigenvalue weighted by atomic mass is 35.5. The first-order valence-corrected chi connectivity index (χ1v) is 7.96. The number of amides is 2. The standard InChI is InChI=1S/C18H15ClN4O3/c1-26-11-5-2-4-10(8-11)17(24)22-23-18(25)13-9-21-16-12(15(13)20)6-3-7-14(16)19/h2-9H,1H3,(H2,20,21)(H,22,24)(H,23,25). The van der Waals surface area contributed by atoms with Gasteiger partial charge >= 0.3 is 0 Å². The van der Waals surface area contributed by atoms with Gasteiger partial charge in [0.1, 0.15) is 5.75 Å². The van der Waals surface area contributed by atoms with E-state index in [1.165, 1.54) is 13.3 Å². The number of carbonyl (C=O) groups is 2. The molecule has 0 radical (unpaired) electrons. The number of aromatic nitrogens is 1. The summed E-state index contributed by atoms with van der Waals surface area (Å²) in [6, 6.07) is 11.6. The third-order valence-corrected chi connectivity index (χ3v) is 4.06. The van der Waals surface area contributed by atoms with Crippen LogP contribution in [-0.2, 0) is 0 Å². The zero-order valence-corrected chi connectivity index (χ0v) is 14.5. The molecule has 2 amide bonds. The second kappa shape index (κ2) is 7.28. The number of halogens is 1. The van der Waals surface area contributed by atoms with E-state index in [0.29, 0.717) is 27.2 Å². The van der Waals surface area contributed by atoms with Crippen LogP contribution in [0.2, 0.25) is 5.02 Å². The molecule has 0 spiro atoms. The first kappa shape index (κ1) is 17.5. The van der Waals surface area contributed by atoms with E-state index in [0.717, 1.165) is 0 Å². The van der Waals surface area contributed by atoms with Gasteiger partial charge in [0.15, 0.2) is 0 Å². The molecule has 1 aromatic heterocycles. The van der Waals surface area contributed by atoms with Gasteiger partial charge in [0.2, 0.25) is 0 Å². The molecule has 0 fully saturated rings. The van der Waals surface area contributed by atoms with Gasteiger partial charge < -0.3 is 10.5 Å². The number of anilines is 1. The molecule has 3 rings (SSSR count). The van der Waals surface area contributed by atoms with Gasteiger partial charge in [-0.05, 0) is 24.3 Å². The maximum atomic E-state index is 12.3. The Kier molecular flexibility index (Phi) is 4.90. The van der Waals surface area contributed by atoms with Gasteiger partial charge in [0.25, 0.3) is 11.8 Å². The Hall–Kier alpha value is -3.32. The lowest BCUT2D eigenvalue weighted by Gasteiger charge is -2.11. The fourth-order valence-electron chi connectivity index (χ4n) is 2.41. The highest BCUT2D eigenvalue weighted by Crippen LogP contribution is 2.27. The summed E-state index contributed by atoms with van der Waals surface area (Å²) >= 11 is 6.07. The average Bonchev–Trinajstić information content (AvgIpc) is 2.67. The molecule has 0 unspecified atom stereocenters. The molecular weight excluding hydrogens is 356 g/mol. The Balaban J connectivity index is 1.77. The summed E-state index contributed by atoms with van der Waals surface area (Å²) in [4.78, 5) is 28.7. The SMILES string of the molecule is COc1cccc(C(=O)NNC(=O)c2cnc3c(Cl)cccc3c2N)c1. The number of carbonyl (C=O) groups excluding carboxylic acids is 2. The summed E-state index contributed by atoms with van der Waals surface area (Å²) in [6.45, 7) is 0. The molecule has 1 heterocycles. The summed E-state index contributed by atoms with van der Waals surface area (Å²) in [7, 11) is 1.50. The number of hydrogen-bond acceptors (Lipinski definition) is 5. The molecule has 0 aliphatic carbocycles. The minimum atomic E-state index is -0.590. The Morgan fingerprint density at radius 2 is 1.85 bits per heavy atom. The molecule has 0 bridgehead atoms. The summed E-state index contributed by atoms with van der Waals surface area (Å²) in [5.74, 6) is -0.551. The molecule has 7 nitrogen and oxygen atoms in total. The van der Waals surface area contributed by atoms with E-state index in [4.69, 9.17) is 22.1 Å². The number of pyridine rings is 1. The van der Waals surface area contributed by atoms with Crippen molar-refractivity contribution in [3.05, 3.63) is 64.8 Å². The molecule has 4 N–H and O–H groups in total. The monoisotopic (exact) mass is 370 g/mol. The van der Waals surface area contributed by atoms with E-state index < -0.39 is 11.8 Å². The van der Waals surface area contributed by atoms with Crippen LogP contribution in [0.15, 0.2) is 48.7 Å². The number of benzene rings is 2. The lowest BCUT2D eigenvalue weighted by molar-refractivity contribution is 0.0847. The molecule has 2 aromatic carbocycles. The number of nitrogen functional groups attached to an aromatic ring is 1. The third-order valence-electron chi connectivity index (χ3n) is 3.76. The molecular formula is C18H15ClN4O3. The predicted octanol–water partition coefficient (Wildman–Crippen LogP) is 2.55. The van der Waals surface area contributed by atoms with Crippen molar-refractivity contribution >= 4 is 40.0 Å². The zero-order chi connectivity index (χ0) is 18.7. The quantitative estimate of drug-likeness (QED) is 0.614. The number of hydrazine groups is 1. The van der Waals surface area contributed by atoms with Crippen LogP contribution in [0.25, 0.3) is 10.9 Å². The van der Waals surface area contributed by atoms with Gasteiger partial charge in [-0.2, -0.15) is 0 Å². The molecule has 132 valence electrons. The number of methoxy groups -OCH3 is 1. The molecule has 0 saturated heterocycles. The molecule has 3 aromatic rings. The van der Waals surface area contributed by atoms with E-state index in [1.54, 1.807) is 42.5 Å². The fourth-order valence-corrected chi connectivity index (χ4v) is 2.63. The Morgan fingerprint density at radius 1 is 1.12 bits per heavy atom. The second-order valence-corrected chi connectivity index (χ2v) is 5.77. The van der Waals surface area contributed by atoms with Gasteiger partial charge in [0, 0.05) is 17.1 Å². The van der Waals surface area contributed by atoms with Crippen molar-refractivity contribution in [3.63, 3.8) is 0 Å². The molecule has 0 aliphatic rings. The van der Waals surface area contributed by atoms with Gasteiger partial charge in [-0.15, -0.1) is 0 Å². The van der Waals surface area contributed by atoms with Gasteiger partial charge in [-0.1, -0.05) is 29.8 Å². The van der Waals surface area contributed by atoms with Crippen molar-refractivity contribution in [1.29, 1.82) is 0 Å². The van der Waals surface area contributed by atoms with Gasteiger partial charge in [0.05, 0.1) is 28.9 Å². The fraction of sp³-hybridized carbons (Fsp3) is 0.0556. The minimum Gasteiger partial charge on any atom is -0.497 e. The Morgan fingerprint density at radius 3 is 2.62 bits per heavy atom. The first-order chi connectivity index (χ1) is 12.5. The van der Waals surface area contributed by atoms with Crippen LogP contribution in [0.4, 0.5) is 5.69 Å². The Bertz CT molecular complexity index is 1010. The maximum absolute atomic E-state index is 12.3. The molecule has 26 heavy (non-hydrogen) atoms. The van der Waals surface area contributed by atoms with Crippen LogP contribution in [0.3, 0.4) is 0 Å². The van der Waals surface area contributed by atoms with E-state index in [9.17, 15) is 9.59 Å². The van der Waals surface area contributed by atoms with Crippen LogP contribution in [0.5, 0.6) is 5.75 Å². The van der Waals surface area contributed by atoms with Crippen LogP contribution in [-0.4, -0.2) is 23.9 Å². The van der Waals surface area contributed by atoms with Crippen LogP contribution in [0.1, 0.15) is 20.7 Å². The van der Waals surface area contributed by atoms with Crippen LogP contribution in [0, 0.1) is 0 Å². The number of nitrogens with zero attached hydrogens (tertiary/aromatic N) is 1. The smallest absolute Gasteiger partial charge is 0.273 e. The largest absolute Gasteiger partial charge is 0.497 e. The summed E-state index contributed by atoms with van der Waals surface area (Å²) in [6.07, 6.45) is 1.32. The molecule has 0 aliphatic heterocycles. The molecule has 8 heteroatoms. The minimum absolute atomic E-state index is 0.130. The average molecular weight is 371 g/mol. The number of fused-ring (bicyclic) bond motifs is 1. The van der Waals surface area contributed by atoms with Crippen molar-refractivity contribution in [2.24, 2.45) is 0 Å². The van der Waals surface area contributed by atoms with E-state index in [2.05, 4.69) is 15.8 Å². The highest BCUT2D eigenvalue weighted by molar-refractivity contribution is 6.35. The topological polar surface area (TPSA) is 106 Å². The summed E-state index contributed by atoms with van der Waals surface area (Å²) < 4.78 is 5.06. The number of ether oxygens (including phenoxy) is 1. The summed E-state index contributed by atoms with van der Waals surface area (Å²) in [5.41, 5.74) is 11.9. The van der Waals surface area contributed by atoms with Crippen molar-refractivity contribution in [3.8, 4) is 5.75 Å². The normalized spacial score (nSPS) is 10.4. The molecule has 0 saturated carbocycles. The summed E-state index contributed by atoms with van der Waals surface area (Å²) in [5, 5.41) is 0.997. The highest BCUT2D eigenvalue weighted by Gasteiger charge is 2.15. The third kappa shape index (κ3) is 3.38. The van der Waals surface area contributed by atoms with E-state index in [-0.39, 0.29) is 11.3 Å². The first-order valence-electron chi connectivity index (χ1n) is 7.58. The number of para-hydroxylation sites is 1. The Labute approximate surface area is 154 Å². The van der Waals surface area contributed by atoms with Gasteiger partial charge in [-0.3, -0.25) is 25.4 Å². The number of hydrogen-bond donors (Lipinski definition) is 3.